The molecule has 2 aromatic heterocycles. The van der Waals surface area contributed by atoms with Crippen molar-refractivity contribution in [2.45, 2.75) is 0 Å². The van der Waals surface area contributed by atoms with Crippen molar-refractivity contribution in [2.24, 2.45) is 7.05 Å². The van der Waals surface area contributed by atoms with Gasteiger partial charge in [-0.1, -0.05) is 12.1 Å². The molecule has 31 heavy (non-hydrogen) atoms. The topological polar surface area (TPSA) is 79.6 Å². The number of benzene rings is 1. The molecule has 0 unspecified atom stereocenters. The van der Waals surface area contributed by atoms with Crippen molar-refractivity contribution in [1.82, 2.24) is 24.9 Å². The number of piperazine rings is 1. The molecule has 9 heteroatoms. The lowest BCUT2D eigenvalue weighted by molar-refractivity contribution is 0.0735. The molecule has 4 rings (SSSR count). The van der Waals surface area contributed by atoms with Crippen LogP contribution in [0.1, 0.15) is 10.5 Å². The lowest BCUT2D eigenvalue weighted by atomic mass is 10.1. The standard InChI is InChI=1S/C22H27N7O2/c1-26(2)17-13-21(24-23-15-17)28-8-10-29(11-9-28)22(30)20-14-19(25-27(20)3)16-6-5-7-18(12-16)31-4/h5-7,12-15H,8-11H2,1-4H3. The Balaban J connectivity index is 1.45. The highest BCUT2D eigenvalue weighted by Gasteiger charge is 2.26. The van der Waals surface area contributed by atoms with Gasteiger partial charge in [0, 0.05) is 59.0 Å². The zero-order valence-electron chi connectivity index (χ0n) is 18.3. The van der Waals surface area contributed by atoms with E-state index in [4.69, 9.17) is 4.74 Å². The van der Waals surface area contributed by atoms with Crippen LogP contribution in [0.4, 0.5) is 11.5 Å². The van der Waals surface area contributed by atoms with Gasteiger partial charge in [0.15, 0.2) is 5.82 Å². The second kappa shape index (κ2) is 8.63. The smallest absolute Gasteiger partial charge is 0.272 e. The van der Waals surface area contributed by atoms with Gasteiger partial charge >= 0.3 is 0 Å². The van der Waals surface area contributed by atoms with E-state index in [-0.39, 0.29) is 5.91 Å². The quantitative estimate of drug-likeness (QED) is 0.623. The summed E-state index contributed by atoms with van der Waals surface area (Å²) in [6.07, 6.45) is 1.74. The maximum Gasteiger partial charge on any atom is 0.272 e. The van der Waals surface area contributed by atoms with Crippen molar-refractivity contribution in [3.05, 3.63) is 48.3 Å². The monoisotopic (exact) mass is 421 g/mol. The number of anilines is 2. The molecular formula is C22H27N7O2. The van der Waals surface area contributed by atoms with Gasteiger partial charge in [-0.05, 0) is 18.2 Å². The minimum Gasteiger partial charge on any atom is -0.497 e. The van der Waals surface area contributed by atoms with Gasteiger partial charge in [0.05, 0.1) is 24.7 Å². The largest absolute Gasteiger partial charge is 0.497 e. The summed E-state index contributed by atoms with van der Waals surface area (Å²) in [7, 11) is 7.39. The van der Waals surface area contributed by atoms with Crippen LogP contribution in [0, 0.1) is 0 Å². The van der Waals surface area contributed by atoms with Crippen LogP contribution in [-0.4, -0.2) is 78.2 Å². The highest BCUT2D eigenvalue weighted by Crippen LogP contribution is 2.24. The van der Waals surface area contributed by atoms with Gasteiger partial charge in [-0.15, -0.1) is 5.10 Å². The average molecular weight is 422 g/mol. The van der Waals surface area contributed by atoms with E-state index in [0.29, 0.717) is 31.9 Å². The first-order valence-corrected chi connectivity index (χ1v) is 10.2. The Hall–Kier alpha value is -3.62. The summed E-state index contributed by atoms with van der Waals surface area (Å²) in [6, 6.07) is 11.5. The second-order valence-corrected chi connectivity index (χ2v) is 7.72. The molecule has 0 saturated carbocycles. The predicted octanol–water partition coefficient (Wildman–Crippen LogP) is 1.91. The van der Waals surface area contributed by atoms with Crippen LogP contribution in [0.15, 0.2) is 42.6 Å². The Labute approximate surface area is 181 Å². The van der Waals surface area contributed by atoms with E-state index < -0.39 is 0 Å². The fraction of sp³-hybridized carbons (Fsp3) is 0.364. The molecule has 0 atom stereocenters. The fourth-order valence-electron chi connectivity index (χ4n) is 3.64. The zero-order chi connectivity index (χ0) is 22.0. The number of rotatable bonds is 5. The highest BCUT2D eigenvalue weighted by atomic mass is 16.5. The predicted molar refractivity (Wildman–Crippen MR) is 120 cm³/mol. The first-order chi connectivity index (χ1) is 15.0. The molecule has 1 fully saturated rings. The van der Waals surface area contributed by atoms with E-state index >= 15 is 0 Å². The molecule has 0 N–H and O–H groups in total. The lowest BCUT2D eigenvalue weighted by Crippen LogP contribution is -2.49. The van der Waals surface area contributed by atoms with E-state index in [0.717, 1.165) is 28.5 Å². The molecule has 1 aliphatic rings. The summed E-state index contributed by atoms with van der Waals surface area (Å²) in [5, 5.41) is 12.9. The van der Waals surface area contributed by atoms with Gasteiger partial charge in [-0.25, -0.2) is 0 Å². The van der Waals surface area contributed by atoms with Crippen LogP contribution in [-0.2, 0) is 7.05 Å². The van der Waals surface area contributed by atoms with Crippen molar-refractivity contribution in [3.8, 4) is 17.0 Å². The molecule has 1 aliphatic heterocycles. The van der Waals surface area contributed by atoms with Crippen LogP contribution >= 0.6 is 0 Å². The Morgan fingerprint density at radius 2 is 1.87 bits per heavy atom. The number of carbonyl (C=O) groups excluding carboxylic acids is 1. The summed E-state index contributed by atoms with van der Waals surface area (Å²) in [6.45, 7) is 2.65. The van der Waals surface area contributed by atoms with Gasteiger partial charge in [0.25, 0.3) is 5.91 Å². The minimum atomic E-state index is -0.0167. The first kappa shape index (κ1) is 20.6. The van der Waals surface area contributed by atoms with Gasteiger partial charge in [-0.3, -0.25) is 9.48 Å². The Morgan fingerprint density at radius 3 is 2.58 bits per heavy atom. The Kier molecular flexibility index (Phi) is 5.75. The molecule has 0 radical (unpaired) electrons. The van der Waals surface area contributed by atoms with E-state index in [1.807, 2.05) is 60.3 Å². The van der Waals surface area contributed by atoms with Crippen molar-refractivity contribution in [3.63, 3.8) is 0 Å². The van der Waals surface area contributed by atoms with Gasteiger partial charge in [-0.2, -0.15) is 10.2 Å². The molecular weight excluding hydrogens is 394 g/mol. The third kappa shape index (κ3) is 4.30. The maximum absolute atomic E-state index is 13.2. The Bertz CT molecular complexity index is 1070. The number of aromatic nitrogens is 4. The zero-order valence-corrected chi connectivity index (χ0v) is 18.3. The SMILES string of the molecule is COc1cccc(-c2cc(C(=O)N3CCN(c4cc(N(C)C)cnn4)CC3)n(C)n2)c1. The van der Waals surface area contributed by atoms with E-state index in [1.54, 1.807) is 25.0 Å². The summed E-state index contributed by atoms with van der Waals surface area (Å²) >= 11 is 0. The van der Waals surface area contributed by atoms with Gasteiger partial charge in [0.1, 0.15) is 11.4 Å². The number of amides is 1. The van der Waals surface area contributed by atoms with Crippen molar-refractivity contribution in [2.75, 3.05) is 57.2 Å². The third-order valence-electron chi connectivity index (χ3n) is 5.50. The lowest BCUT2D eigenvalue weighted by Gasteiger charge is -2.35. The fourth-order valence-corrected chi connectivity index (χ4v) is 3.64. The molecule has 3 heterocycles. The number of hydrogen-bond donors (Lipinski definition) is 0. The molecule has 1 aromatic carbocycles. The number of aryl methyl sites for hydroxylation is 1. The molecule has 0 bridgehead atoms. The molecule has 9 nitrogen and oxygen atoms in total. The number of methoxy groups -OCH3 is 1. The number of nitrogens with zero attached hydrogens (tertiary/aromatic N) is 7. The number of hydrogen-bond acceptors (Lipinski definition) is 7. The maximum atomic E-state index is 13.2. The normalized spacial score (nSPS) is 13.9. The van der Waals surface area contributed by atoms with E-state index in [1.165, 1.54) is 0 Å². The average Bonchev–Trinajstić information content (AvgIpc) is 3.20. The summed E-state index contributed by atoms with van der Waals surface area (Å²) in [5.41, 5.74) is 3.24. The van der Waals surface area contributed by atoms with Crippen LogP contribution in [0.25, 0.3) is 11.3 Å². The molecule has 162 valence electrons. The Morgan fingerprint density at radius 1 is 1.10 bits per heavy atom. The van der Waals surface area contributed by atoms with Crippen molar-refractivity contribution in [1.29, 1.82) is 0 Å². The summed E-state index contributed by atoms with van der Waals surface area (Å²) in [5.74, 6) is 1.57. The van der Waals surface area contributed by atoms with Crippen molar-refractivity contribution < 1.29 is 9.53 Å². The highest BCUT2D eigenvalue weighted by molar-refractivity contribution is 5.94. The van der Waals surface area contributed by atoms with Gasteiger partial charge in [0.2, 0.25) is 0 Å². The molecule has 1 saturated heterocycles. The number of carbonyl (C=O) groups is 1. The van der Waals surface area contributed by atoms with Crippen LogP contribution in [0.5, 0.6) is 5.75 Å². The minimum absolute atomic E-state index is 0.0167. The summed E-state index contributed by atoms with van der Waals surface area (Å²) in [4.78, 5) is 19.2. The number of ether oxygens (including phenoxy) is 1. The molecule has 1 amide bonds. The molecule has 3 aromatic rings. The van der Waals surface area contributed by atoms with Crippen LogP contribution in [0.2, 0.25) is 0 Å². The van der Waals surface area contributed by atoms with Crippen LogP contribution < -0.4 is 14.5 Å². The third-order valence-corrected chi connectivity index (χ3v) is 5.50. The first-order valence-electron chi connectivity index (χ1n) is 10.2. The van der Waals surface area contributed by atoms with Crippen LogP contribution in [0.3, 0.4) is 0 Å². The van der Waals surface area contributed by atoms with E-state index in [9.17, 15) is 4.79 Å². The molecule has 0 spiro atoms. The van der Waals surface area contributed by atoms with E-state index in [2.05, 4.69) is 20.2 Å². The second-order valence-electron chi connectivity index (χ2n) is 7.72. The van der Waals surface area contributed by atoms with Crippen molar-refractivity contribution >= 4 is 17.4 Å². The molecule has 0 aliphatic carbocycles. The van der Waals surface area contributed by atoms with Gasteiger partial charge < -0.3 is 19.4 Å². The summed E-state index contributed by atoms with van der Waals surface area (Å²) < 4.78 is 6.94.